The molecule has 1 unspecified atom stereocenters. The van der Waals surface area contributed by atoms with Crippen molar-refractivity contribution in [3.63, 3.8) is 0 Å². The molecule has 4 aliphatic rings. The molecule has 5 aromatic carbocycles. The Morgan fingerprint density at radius 3 is 1.73 bits per heavy atom. The molecule has 3 saturated heterocycles. The number of amides is 11. The molecule has 0 spiro atoms. The van der Waals surface area contributed by atoms with Crippen molar-refractivity contribution in [2.45, 2.75) is 186 Å². The minimum Gasteiger partial charge on any atom is -0.485 e. The summed E-state index contributed by atoms with van der Waals surface area (Å²) in [5, 5.41) is 19.0. The number of hydrogen-bond donors (Lipinski definition) is 5. The van der Waals surface area contributed by atoms with Crippen LogP contribution in [0.3, 0.4) is 0 Å². The van der Waals surface area contributed by atoms with Gasteiger partial charge in [0, 0.05) is 143 Å². The summed E-state index contributed by atoms with van der Waals surface area (Å²) in [4.78, 5) is 190. The molecule has 5 aromatic rings. The number of likely N-dealkylation sites (tertiary alicyclic amines) is 1. The van der Waals surface area contributed by atoms with E-state index < -0.39 is 156 Å². The first-order chi connectivity index (χ1) is 63.0. The maximum absolute atomic E-state index is 16.1. The number of ether oxygens (including phenoxy) is 7. The number of carbonyl (C=O) groups is 13. The van der Waals surface area contributed by atoms with E-state index in [1.165, 1.54) is 26.2 Å². The maximum atomic E-state index is 16.1. The number of thioether (sulfide) groups is 2. The summed E-state index contributed by atoms with van der Waals surface area (Å²) in [7, 11) is 6.17. The Balaban J connectivity index is 0.756. The van der Waals surface area contributed by atoms with E-state index in [4.69, 9.17) is 38.9 Å². The van der Waals surface area contributed by atoms with Crippen molar-refractivity contribution in [1.82, 2.24) is 35.1 Å². The average molecular weight is 1870 g/mol. The molecule has 3 fully saturated rings. The van der Waals surface area contributed by atoms with Crippen molar-refractivity contribution in [3.8, 4) is 5.75 Å². The normalized spacial score (nSPS) is 17.3. The molecule has 4 aliphatic heterocycles. The van der Waals surface area contributed by atoms with Gasteiger partial charge in [0.05, 0.1) is 97.4 Å². The number of rotatable bonds is 48. The van der Waals surface area contributed by atoms with Gasteiger partial charge in [-0.2, -0.15) is 0 Å². The Morgan fingerprint density at radius 1 is 0.644 bits per heavy atom. The number of nitrogens with two attached hydrogens (primary N) is 1. The van der Waals surface area contributed by atoms with Crippen molar-refractivity contribution in [2.24, 2.45) is 53.1 Å². The van der Waals surface area contributed by atoms with Crippen molar-refractivity contribution >= 4 is 112 Å². The molecular weight excluding hydrogens is 1740 g/mol. The molecule has 9 rings (SSSR count). The highest BCUT2D eigenvalue weighted by molar-refractivity contribution is 8.08. The number of Topliss-reactive ketones (excluding diaryl/α,β-unsaturated/α-hetero) is 3. The van der Waals surface area contributed by atoms with Gasteiger partial charge in [-0.15, -0.1) is 0 Å². The van der Waals surface area contributed by atoms with Crippen LogP contribution in [0.15, 0.2) is 135 Å². The third-order valence-electron chi connectivity index (χ3n) is 24.7. The Labute approximate surface area is 779 Å². The molecule has 11 amide bonds. The predicted molar refractivity (Wildman–Crippen MR) is 493 cm³/mol. The third kappa shape index (κ3) is 28.3. The van der Waals surface area contributed by atoms with Crippen LogP contribution < -0.4 is 31.3 Å². The van der Waals surface area contributed by atoms with E-state index in [9.17, 15) is 67.4 Å². The van der Waals surface area contributed by atoms with E-state index >= 15 is 8.78 Å². The molecule has 35 heteroatoms. The van der Waals surface area contributed by atoms with E-state index in [0.717, 1.165) is 41.2 Å². The first-order valence-electron chi connectivity index (χ1n) is 45.1. The minimum absolute atomic E-state index is 0.0723. The summed E-state index contributed by atoms with van der Waals surface area (Å²) in [6.45, 7) is 20.2. The SMILES string of the molecule is CCC(C)[C@@H]([C@@H](CC(=O)N1CCC[C@H]1[C@H](OC)[C@@H](C)C(=O)C[C@H](C)[C@@H](O)c1ccccc1)OC)N(C)C(=O)[C@@H](CC(=O)[C@H](C(C)C)N(C)C(=O)OCc1ccc(NC(=O)[C@H](CCCNC(N)=O)CC(=O)[C@@H](NC(=O)COCCOc2c(F)cc(N3C(=O)C(Sc4ccc(C(=O)N5CCOCC5)cc4)=C(Sc4ccc(C(=O)N5CCOCC5)cc4)C3=O)cc2F)C(C)C)cc1)C(C)C. The highest BCUT2D eigenvalue weighted by atomic mass is 32.2. The van der Waals surface area contributed by atoms with Crippen LogP contribution in [0.1, 0.15) is 165 Å². The number of methoxy groups -OCH3 is 2. The summed E-state index contributed by atoms with van der Waals surface area (Å²) in [5.74, 6) is -12.8. The number of hydrogen-bond acceptors (Lipinski definition) is 23. The van der Waals surface area contributed by atoms with Gasteiger partial charge in [-0.3, -0.25) is 52.7 Å². The van der Waals surface area contributed by atoms with E-state index in [-0.39, 0.29) is 114 Å². The van der Waals surface area contributed by atoms with E-state index in [0.29, 0.717) is 115 Å². The van der Waals surface area contributed by atoms with Gasteiger partial charge in [0.2, 0.25) is 23.6 Å². The largest absolute Gasteiger partial charge is 0.485 e. The number of nitrogens with zero attached hydrogens (tertiary/aromatic N) is 6. The van der Waals surface area contributed by atoms with Gasteiger partial charge in [-0.1, -0.05) is 142 Å². The molecule has 0 aliphatic carbocycles. The fraction of sp³-hybridized carbons (Fsp3) is 0.536. The van der Waals surface area contributed by atoms with Crippen molar-refractivity contribution in [2.75, 3.05) is 124 Å². The number of likely N-dealkylation sites (N-methyl/N-ethyl adjacent to an activating group) is 2. The lowest BCUT2D eigenvalue weighted by Gasteiger charge is -2.41. The first-order valence-corrected chi connectivity index (χ1v) is 46.8. The van der Waals surface area contributed by atoms with E-state index in [1.807, 2.05) is 65.0 Å². The summed E-state index contributed by atoms with van der Waals surface area (Å²) in [5.41, 5.74) is 7.17. The van der Waals surface area contributed by atoms with Gasteiger partial charge in [0.25, 0.3) is 23.6 Å². The zero-order chi connectivity index (χ0) is 96.3. The Kier molecular flexibility index (Phi) is 40.3. The number of urea groups is 1. The van der Waals surface area contributed by atoms with Gasteiger partial charge < -0.3 is 84.4 Å². The first kappa shape index (κ1) is 105. The van der Waals surface area contributed by atoms with Crippen LogP contribution >= 0.6 is 23.5 Å². The van der Waals surface area contributed by atoms with Crippen LogP contribution in [0.25, 0.3) is 0 Å². The summed E-state index contributed by atoms with van der Waals surface area (Å²) >= 11 is 1.84. The van der Waals surface area contributed by atoms with Gasteiger partial charge in [0.15, 0.2) is 29.0 Å². The van der Waals surface area contributed by atoms with Gasteiger partial charge in [-0.25, -0.2) is 23.3 Å². The molecule has 0 aromatic heterocycles. The summed E-state index contributed by atoms with van der Waals surface area (Å²) < 4.78 is 71.9. The highest BCUT2D eigenvalue weighted by Gasteiger charge is 2.46. The van der Waals surface area contributed by atoms with Crippen molar-refractivity contribution < 1.29 is 109 Å². The second kappa shape index (κ2) is 50.5. The van der Waals surface area contributed by atoms with Crippen LogP contribution in [0.4, 0.5) is 29.7 Å². The third-order valence-corrected chi connectivity index (χ3v) is 27.0. The molecule has 0 bridgehead atoms. The number of halogens is 2. The van der Waals surface area contributed by atoms with Crippen LogP contribution in [0.5, 0.6) is 5.75 Å². The second-order valence-corrected chi connectivity index (χ2v) is 37.2. The number of benzene rings is 5. The topological polar surface area (TPSA) is 388 Å². The van der Waals surface area contributed by atoms with Crippen molar-refractivity contribution in [3.05, 3.63) is 159 Å². The summed E-state index contributed by atoms with van der Waals surface area (Å²) in [6.07, 6.45) is -1.39. The van der Waals surface area contributed by atoms with E-state index in [1.54, 1.807) is 134 Å². The standard InChI is InChI=1S/C97H128F2N10O21S2/c1-15-60(8)84(79(124-13)54-81(114)108-38-20-24-75(108)86(125-14)62(10)76(110)49-61(9)85(115)64-21-17-16-18-22-64)104(11)93(119)72(57(2)3)53-78(112)83(59(6)7)105(12)97(123)130-55-63-25-31-68(32-26-63)102-90(116)67(23-19-37-101-96(100)122)50-77(111)82(58(4)5)103-80(113)56-128-47-48-129-87-73(98)51-69(52-74(87)99)109-94(120)88(131-70-33-27-65(28-34-70)91(117)106-39-43-126-44-40-106)89(95(109)121)132-71-35-29-66(30-36-71)92(118)107-41-45-127-46-42-107/h16-18,21-22,25-36,51-52,57-62,67,72,75,79,82-86,115H,15,19-20,23-24,37-50,53-56H2,1-14H3,(H,102,116)(H,103,113)(H3,100,101,122)/t60?,61-,62-,67+,72-,75-,79+,82-,83-,84-,85+,86+/m0/s1. The summed E-state index contributed by atoms with van der Waals surface area (Å²) in [6, 6.07) is 26.0. The number of anilines is 2. The Hall–Kier alpha value is -10.5. The maximum Gasteiger partial charge on any atom is 0.410 e. The van der Waals surface area contributed by atoms with Crippen molar-refractivity contribution in [1.29, 1.82) is 0 Å². The predicted octanol–water partition coefficient (Wildman–Crippen LogP) is 11.9. The van der Waals surface area contributed by atoms with Crippen LogP contribution in [0.2, 0.25) is 0 Å². The second-order valence-electron chi connectivity index (χ2n) is 35.0. The lowest BCUT2D eigenvalue weighted by Crippen LogP contribution is -2.54. The molecule has 132 heavy (non-hydrogen) atoms. The highest BCUT2D eigenvalue weighted by Crippen LogP contribution is 2.46. The zero-order valence-electron chi connectivity index (χ0n) is 77.8. The molecule has 6 N–H and O–H groups in total. The molecule has 718 valence electrons. The average Bonchev–Trinajstić information content (AvgIpc) is 1.61. The molecule has 31 nitrogen and oxygen atoms in total. The molecule has 0 radical (unpaired) electrons. The number of aliphatic hydroxyl groups excluding tert-OH is 1. The van der Waals surface area contributed by atoms with Gasteiger partial charge in [-0.05, 0) is 127 Å². The molecule has 0 saturated carbocycles. The number of aliphatic hydroxyl groups is 1. The van der Waals surface area contributed by atoms with Crippen LogP contribution in [-0.4, -0.2) is 257 Å². The zero-order valence-corrected chi connectivity index (χ0v) is 79.5. The van der Waals surface area contributed by atoms with Crippen LogP contribution in [0, 0.1) is 59.0 Å². The Morgan fingerprint density at radius 2 is 1.21 bits per heavy atom. The van der Waals surface area contributed by atoms with Crippen LogP contribution in [-0.2, 0) is 78.2 Å². The van der Waals surface area contributed by atoms with Gasteiger partial charge >= 0.3 is 12.1 Å². The Bertz CT molecular complexity index is 4730. The lowest BCUT2D eigenvalue weighted by molar-refractivity contribution is -0.149. The lowest BCUT2D eigenvalue weighted by atomic mass is 9.83. The number of imide groups is 1. The molecule has 4 heterocycles. The fourth-order valence-electron chi connectivity index (χ4n) is 17.1. The number of morpholine rings is 2. The molecule has 12 atom stereocenters. The number of nitrogens with one attached hydrogen (secondary N) is 3. The van der Waals surface area contributed by atoms with Gasteiger partial charge in [0.1, 0.15) is 25.6 Å². The number of ketones is 3. The van der Waals surface area contributed by atoms with E-state index in [2.05, 4.69) is 16.0 Å². The monoisotopic (exact) mass is 1870 g/mol. The molecular formula is C97H128F2N10O21S2. The quantitative estimate of drug-likeness (QED) is 0.0178. The smallest absolute Gasteiger partial charge is 0.410 e. The minimum atomic E-state index is -1.28. The fourth-order valence-corrected chi connectivity index (χ4v) is 19.1. The number of primary amides is 1. The number of carbonyl (C=O) groups excluding carboxylic acids is 13.